The van der Waals surface area contributed by atoms with E-state index in [9.17, 15) is 9.59 Å². The molecule has 0 spiro atoms. The summed E-state index contributed by atoms with van der Waals surface area (Å²) in [5.74, 6) is 0.280. The van der Waals surface area contributed by atoms with Gasteiger partial charge in [0.25, 0.3) is 0 Å². The average Bonchev–Trinajstić information content (AvgIpc) is 3.16. The zero-order valence-electron chi connectivity index (χ0n) is 11.0. The first-order valence-electron chi connectivity index (χ1n) is 6.80. The predicted octanol–water partition coefficient (Wildman–Crippen LogP) is 1.45. The molecule has 0 bridgehead atoms. The molecular weight excluding hydrogens is 240 g/mol. The molecule has 1 unspecified atom stereocenters. The number of rotatable bonds is 3. The zero-order valence-corrected chi connectivity index (χ0v) is 11.0. The molecule has 2 aliphatic rings. The summed E-state index contributed by atoms with van der Waals surface area (Å²) >= 11 is 0. The largest absolute Gasteiger partial charge is 0.350 e. The Morgan fingerprint density at radius 2 is 2.05 bits per heavy atom. The van der Waals surface area contributed by atoms with Crippen molar-refractivity contribution in [3.63, 3.8) is 0 Å². The Kier molecular flexibility index (Phi) is 3.01. The molecule has 0 radical (unpaired) electrons. The standard InChI is InChI=1S/C15H18N2O2/c1-9-4-2-3-5-11(9)14-12(8-13(18)17-14)16-15(19)10-6-7-10/h2-5,10,12,14H,6-8H2,1H3,(H,16,19)(H,17,18)/t12-,14?/m0/s1. The third-order valence-corrected chi connectivity index (χ3v) is 3.92. The van der Waals surface area contributed by atoms with Crippen molar-refractivity contribution in [1.29, 1.82) is 0 Å². The minimum atomic E-state index is -0.123. The third kappa shape index (κ3) is 2.48. The van der Waals surface area contributed by atoms with Gasteiger partial charge in [-0.2, -0.15) is 0 Å². The molecule has 1 aliphatic heterocycles. The second-order valence-corrected chi connectivity index (χ2v) is 5.50. The van der Waals surface area contributed by atoms with Gasteiger partial charge in [0.05, 0.1) is 12.1 Å². The van der Waals surface area contributed by atoms with Crippen molar-refractivity contribution in [3.05, 3.63) is 35.4 Å². The normalized spacial score (nSPS) is 26.1. The number of benzene rings is 1. The molecule has 1 saturated carbocycles. The number of carbonyl (C=O) groups is 2. The Balaban J connectivity index is 1.80. The lowest BCUT2D eigenvalue weighted by molar-refractivity contribution is -0.123. The fourth-order valence-electron chi connectivity index (χ4n) is 2.66. The number of hydrogen-bond donors (Lipinski definition) is 2. The number of aryl methyl sites for hydroxylation is 1. The van der Waals surface area contributed by atoms with Gasteiger partial charge in [0, 0.05) is 12.3 Å². The molecule has 1 aromatic rings. The van der Waals surface area contributed by atoms with Crippen molar-refractivity contribution in [1.82, 2.24) is 10.6 Å². The summed E-state index contributed by atoms with van der Waals surface area (Å²) in [4.78, 5) is 23.5. The quantitative estimate of drug-likeness (QED) is 0.862. The lowest BCUT2D eigenvalue weighted by Gasteiger charge is -2.22. The van der Waals surface area contributed by atoms with Gasteiger partial charge in [0.2, 0.25) is 11.8 Å². The number of carbonyl (C=O) groups excluding carboxylic acids is 2. The van der Waals surface area contributed by atoms with Crippen LogP contribution in [0.25, 0.3) is 0 Å². The molecule has 1 aliphatic carbocycles. The van der Waals surface area contributed by atoms with Crippen LogP contribution in [0.2, 0.25) is 0 Å². The Bertz CT molecular complexity index is 523. The van der Waals surface area contributed by atoms with E-state index in [1.54, 1.807) is 0 Å². The van der Waals surface area contributed by atoms with E-state index in [1.165, 1.54) is 0 Å². The first kappa shape index (κ1) is 12.2. The summed E-state index contributed by atoms with van der Waals surface area (Å²) < 4.78 is 0. The van der Waals surface area contributed by atoms with Crippen LogP contribution in [0.4, 0.5) is 0 Å². The summed E-state index contributed by atoms with van der Waals surface area (Å²) in [6.45, 7) is 2.03. The summed E-state index contributed by atoms with van der Waals surface area (Å²) in [6.07, 6.45) is 2.33. The lowest BCUT2D eigenvalue weighted by atomic mass is 9.96. The first-order chi connectivity index (χ1) is 9.15. The lowest BCUT2D eigenvalue weighted by Crippen LogP contribution is -2.39. The number of hydrogen-bond acceptors (Lipinski definition) is 2. The van der Waals surface area contributed by atoms with Crippen LogP contribution >= 0.6 is 0 Å². The Hall–Kier alpha value is -1.84. The molecule has 3 rings (SSSR count). The first-order valence-corrected chi connectivity index (χ1v) is 6.80. The maximum Gasteiger partial charge on any atom is 0.223 e. The maximum atomic E-state index is 11.9. The zero-order chi connectivity index (χ0) is 13.4. The van der Waals surface area contributed by atoms with Crippen LogP contribution in [0.15, 0.2) is 24.3 Å². The van der Waals surface area contributed by atoms with Gasteiger partial charge >= 0.3 is 0 Å². The highest BCUT2D eigenvalue weighted by Crippen LogP contribution is 2.31. The second-order valence-electron chi connectivity index (χ2n) is 5.50. The van der Waals surface area contributed by atoms with Crippen LogP contribution in [-0.2, 0) is 9.59 Å². The van der Waals surface area contributed by atoms with E-state index in [0.717, 1.165) is 24.0 Å². The van der Waals surface area contributed by atoms with Crippen LogP contribution in [0, 0.1) is 12.8 Å². The molecule has 2 fully saturated rings. The van der Waals surface area contributed by atoms with Gasteiger partial charge in [-0.25, -0.2) is 0 Å². The van der Waals surface area contributed by atoms with E-state index >= 15 is 0 Å². The van der Waals surface area contributed by atoms with Crippen molar-refractivity contribution in [2.75, 3.05) is 0 Å². The van der Waals surface area contributed by atoms with E-state index < -0.39 is 0 Å². The van der Waals surface area contributed by atoms with Gasteiger partial charge < -0.3 is 10.6 Å². The Morgan fingerprint density at radius 3 is 2.74 bits per heavy atom. The third-order valence-electron chi connectivity index (χ3n) is 3.92. The van der Waals surface area contributed by atoms with Crippen LogP contribution in [0.1, 0.15) is 36.4 Å². The van der Waals surface area contributed by atoms with E-state index in [1.807, 2.05) is 31.2 Å². The summed E-state index contributed by atoms with van der Waals surface area (Å²) in [7, 11) is 0. The molecule has 1 heterocycles. The topological polar surface area (TPSA) is 58.2 Å². The van der Waals surface area contributed by atoms with Crippen LogP contribution in [0.5, 0.6) is 0 Å². The number of amides is 2. The number of nitrogens with one attached hydrogen (secondary N) is 2. The van der Waals surface area contributed by atoms with Gasteiger partial charge in [-0.05, 0) is 30.9 Å². The van der Waals surface area contributed by atoms with Crippen molar-refractivity contribution in [3.8, 4) is 0 Å². The molecule has 2 amide bonds. The molecule has 100 valence electrons. The van der Waals surface area contributed by atoms with Gasteiger partial charge in [-0.15, -0.1) is 0 Å². The molecule has 1 aromatic carbocycles. The van der Waals surface area contributed by atoms with Crippen molar-refractivity contribution in [2.45, 2.75) is 38.3 Å². The molecule has 2 atom stereocenters. The van der Waals surface area contributed by atoms with Crippen LogP contribution in [0.3, 0.4) is 0 Å². The smallest absolute Gasteiger partial charge is 0.223 e. The van der Waals surface area contributed by atoms with Gasteiger partial charge in [-0.3, -0.25) is 9.59 Å². The van der Waals surface area contributed by atoms with E-state index in [4.69, 9.17) is 0 Å². The van der Waals surface area contributed by atoms with Gasteiger partial charge in [0.15, 0.2) is 0 Å². The highest BCUT2D eigenvalue weighted by atomic mass is 16.2. The van der Waals surface area contributed by atoms with Crippen LogP contribution < -0.4 is 10.6 Å². The molecule has 0 aromatic heterocycles. The Morgan fingerprint density at radius 1 is 1.32 bits per heavy atom. The highest BCUT2D eigenvalue weighted by molar-refractivity contribution is 5.85. The molecule has 1 saturated heterocycles. The fraction of sp³-hybridized carbons (Fsp3) is 0.467. The van der Waals surface area contributed by atoms with Crippen LogP contribution in [-0.4, -0.2) is 17.9 Å². The summed E-state index contributed by atoms with van der Waals surface area (Å²) in [5.41, 5.74) is 2.23. The van der Waals surface area contributed by atoms with E-state index in [-0.39, 0.29) is 29.8 Å². The van der Waals surface area contributed by atoms with Crippen molar-refractivity contribution in [2.24, 2.45) is 5.92 Å². The fourth-order valence-corrected chi connectivity index (χ4v) is 2.66. The molecule has 2 N–H and O–H groups in total. The summed E-state index contributed by atoms with van der Waals surface area (Å²) in [5, 5.41) is 6.00. The molecule has 4 nitrogen and oxygen atoms in total. The SMILES string of the molecule is Cc1ccccc1C1NC(=O)C[C@@H]1NC(=O)C1CC1. The minimum Gasteiger partial charge on any atom is -0.350 e. The highest BCUT2D eigenvalue weighted by Gasteiger charge is 2.38. The molecular formula is C15H18N2O2. The van der Waals surface area contributed by atoms with Gasteiger partial charge in [0.1, 0.15) is 0 Å². The van der Waals surface area contributed by atoms with E-state index in [0.29, 0.717) is 6.42 Å². The average molecular weight is 258 g/mol. The maximum absolute atomic E-state index is 11.9. The van der Waals surface area contributed by atoms with Gasteiger partial charge in [-0.1, -0.05) is 24.3 Å². The second kappa shape index (κ2) is 4.68. The Labute approximate surface area is 112 Å². The minimum absolute atomic E-state index is 0.00866. The van der Waals surface area contributed by atoms with Crippen molar-refractivity contribution >= 4 is 11.8 Å². The van der Waals surface area contributed by atoms with Crippen molar-refractivity contribution < 1.29 is 9.59 Å². The molecule has 19 heavy (non-hydrogen) atoms. The molecule has 4 heteroatoms. The van der Waals surface area contributed by atoms with E-state index in [2.05, 4.69) is 10.6 Å². The monoisotopic (exact) mass is 258 g/mol. The summed E-state index contributed by atoms with van der Waals surface area (Å²) in [6, 6.07) is 7.76. The predicted molar refractivity (Wildman–Crippen MR) is 71.3 cm³/mol.